The van der Waals surface area contributed by atoms with Crippen molar-refractivity contribution in [1.29, 1.82) is 0 Å². The van der Waals surface area contributed by atoms with E-state index in [0.717, 1.165) is 35.8 Å². The van der Waals surface area contributed by atoms with Crippen molar-refractivity contribution < 1.29 is 22.7 Å². The lowest BCUT2D eigenvalue weighted by Gasteiger charge is -2.07. The van der Waals surface area contributed by atoms with E-state index in [4.69, 9.17) is 10.5 Å². The molecule has 8 heteroatoms. The number of hydrogen-bond acceptors (Lipinski definition) is 5. The van der Waals surface area contributed by atoms with Gasteiger partial charge in [-0.3, -0.25) is 0 Å². The summed E-state index contributed by atoms with van der Waals surface area (Å²) in [6.07, 6.45) is -3.13. The van der Waals surface area contributed by atoms with E-state index in [0.29, 0.717) is 0 Å². The van der Waals surface area contributed by atoms with Gasteiger partial charge in [0.2, 0.25) is 0 Å². The lowest BCUT2D eigenvalue weighted by Crippen LogP contribution is -2.09. The molecule has 0 spiro atoms. The van der Waals surface area contributed by atoms with E-state index in [2.05, 4.69) is 4.37 Å². The van der Waals surface area contributed by atoms with Gasteiger partial charge in [-0.1, -0.05) is 0 Å². The van der Waals surface area contributed by atoms with Crippen LogP contribution < -0.4 is 10.5 Å². The van der Waals surface area contributed by atoms with Gasteiger partial charge in [0.15, 0.2) is 4.88 Å². The molecule has 0 unspecified atom stereocenters. The standard InChI is InChI=1S/C11H7F3N2O2S/c12-11(13,14)6-1-3-7(4-2-6)18-10(17)9-8(15)5-16-19-9/h1-5H,15H2. The summed E-state index contributed by atoms with van der Waals surface area (Å²) >= 11 is 0.855. The molecule has 0 saturated heterocycles. The third-order valence-electron chi connectivity index (χ3n) is 2.18. The average Bonchev–Trinajstić information content (AvgIpc) is 2.75. The zero-order chi connectivity index (χ0) is 14.0. The number of nitrogens with two attached hydrogens (primary N) is 1. The van der Waals surface area contributed by atoms with Gasteiger partial charge in [-0.2, -0.15) is 17.5 Å². The van der Waals surface area contributed by atoms with E-state index in [-0.39, 0.29) is 16.3 Å². The van der Waals surface area contributed by atoms with Gasteiger partial charge in [0.25, 0.3) is 0 Å². The number of esters is 1. The van der Waals surface area contributed by atoms with Crippen LogP contribution in [0.4, 0.5) is 18.9 Å². The summed E-state index contributed by atoms with van der Waals surface area (Å²) in [7, 11) is 0. The highest BCUT2D eigenvalue weighted by atomic mass is 32.1. The second-order valence-electron chi connectivity index (χ2n) is 3.52. The molecule has 0 aliphatic carbocycles. The third kappa shape index (κ3) is 3.02. The quantitative estimate of drug-likeness (QED) is 0.681. The van der Waals surface area contributed by atoms with Gasteiger partial charge in [0, 0.05) is 0 Å². The molecule has 19 heavy (non-hydrogen) atoms. The van der Waals surface area contributed by atoms with Crippen molar-refractivity contribution >= 4 is 23.2 Å². The van der Waals surface area contributed by atoms with Gasteiger partial charge in [-0.05, 0) is 35.8 Å². The van der Waals surface area contributed by atoms with E-state index in [1.807, 2.05) is 0 Å². The highest BCUT2D eigenvalue weighted by Gasteiger charge is 2.30. The van der Waals surface area contributed by atoms with Gasteiger partial charge in [0.05, 0.1) is 17.4 Å². The van der Waals surface area contributed by atoms with Crippen LogP contribution >= 0.6 is 11.5 Å². The molecule has 100 valence electrons. The van der Waals surface area contributed by atoms with Gasteiger partial charge < -0.3 is 10.5 Å². The molecule has 0 bridgehead atoms. The molecule has 1 heterocycles. The lowest BCUT2D eigenvalue weighted by atomic mass is 10.2. The third-order valence-corrected chi connectivity index (χ3v) is 2.97. The summed E-state index contributed by atoms with van der Waals surface area (Å²) in [6.45, 7) is 0. The molecular weight excluding hydrogens is 281 g/mol. The Bertz CT molecular complexity index is 593. The Balaban J connectivity index is 2.12. The summed E-state index contributed by atoms with van der Waals surface area (Å²) in [4.78, 5) is 11.7. The SMILES string of the molecule is Nc1cnsc1C(=O)Oc1ccc(C(F)(F)F)cc1. The minimum atomic E-state index is -4.43. The molecule has 4 nitrogen and oxygen atoms in total. The van der Waals surface area contributed by atoms with Gasteiger partial charge >= 0.3 is 12.1 Å². The number of carbonyl (C=O) groups excluding carboxylic acids is 1. The molecule has 0 saturated carbocycles. The van der Waals surface area contributed by atoms with E-state index >= 15 is 0 Å². The molecule has 0 aliphatic heterocycles. The van der Waals surface area contributed by atoms with Crippen LogP contribution in [-0.2, 0) is 6.18 Å². The Morgan fingerprint density at radius 3 is 2.37 bits per heavy atom. The Kier molecular flexibility index (Phi) is 3.43. The average molecular weight is 288 g/mol. The number of rotatable bonds is 2. The number of aromatic nitrogens is 1. The fraction of sp³-hybridized carbons (Fsp3) is 0.0909. The molecule has 1 aromatic carbocycles. The summed E-state index contributed by atoms with van der Waals surface area (Å²) in [5.74, 6) is -0.745. The Morgan fingerprint density at radius 2 is 1.89 bits per heavy atom. The Labute approximate surface area is 109 Å². The highest BCUT2D eigenvalue weighted by molar-refractivity contribution is 7.08. The van der Waals surface area contributed by atoms with Crippen LogP contribution in [0.2, 0.25) is 0 Å². The van der Waals surface area contributed by atoms with E-state index in [1.54, 1.807) is 0 Å². The van der Waals surface area contributed by atoms with Crippen molar-refractivity contribution in [2.75, 3.05) is 5.73 Å². The molecule has 0 radical (unpaired) electrons. The zero-order valence-corrected chi connectivity index (χ0v) is 10.1. The number of nitrogen functional groups attached to an aromatic ring is 1. The fourth-order valence-electron chi connectivity index (χ4n) is 1.27. The molecule has 0 aliphatic rings. The molecule has 0 fully saturated rings. The van der Waals surface area contributed by atoms with Crippen molar-refractivity contribution in [3.8, 4) is 5.75 Å². The largest absolute Gasteiger partial charge is 0.422 e. The summed E-state index contributed by atoms with van der Waals surface area (Å²) in [6, 6.07) is 3.80. The van der Waals surface area contributed by atoms with E-state index in [1.165, 1.54) is 6.20 Å². The van der Waals surface area contributed by atoms with Gasteiger partial charge in [-0.15, -0.1) is 0 Å². The van der Waals surface area contributed by atoms with Crippen molar-refractivity contribution in [2.24, 2.45) is 0 Å². The van der Waals surface area contributed by atoms with Crippen molar-refractivity contribution in [3.63, 3.8) is 0 Å². The van der Waals surface area contributed by atoms with Crippen LogP contribution in [-0.4, -0.2) is 10.3 Å². The van der Waals surface area contributed by atoms with Crippen LogP contribution in [0, 0.1) is 0 Å². The lowest BCUT2D eigenvalue weighted by molar-refractivity contribution is -0.137. The van der Waals surface area contributed by atoms with Crippen LogP contribution in [0.1, 0.15) is 15.2 Å². The number of alkyl halides is 3. The highest BCUT2D eigenvalue weighted by Crippen LogP contribution is 2.30. The smallest absolute Gasteiger partial charge is 0.416 e. The molecule has 0 amide bonds. The second-order valence-corrected chi connectivity index (χ2v) is 4.32. The maximum absolute atomic E-state index is 12.3. The number of ether oxygens (including phenoxy) is 1. The molecule has 2 aromatic rings. The second kappa shape index (κ2) is 4.88. The zero-order valence-electron chi connectivity index (χ0n) is 9.27. The van der Waals surface area contributed by atoms with Crippen LogP contribution in [0.15, 0.2) is 30.5 Å². The maximum Gasteiger partial charge on any atom is 0.416 e. The first-order valence-corrected chi connectivity index (χ1v) is 5.75. The monoisotopic (exact) mass is 288 g/mol. The Morgan fingerprint density at radius 1 is 1.26 bits per heavy atom. The first-order chi connectivity index (χ1) is 8.88. The van der Waals surface area contributed by atoms with Crippen molar-refractivity contribution in [2.45, 2.75) is 6.18 Å². The molecular formula is C11H7F3N2O2S. The summed E-state index contributed by atoms with van der Waals surface area (Å²) in [5.41, 5.74) is 4.83. The predicted molar refractivity (Wildman–Crippen MR) is 62.9 cm³/mol. The first-order valence-electron chi connectivity index (χ1n) is 4.97. The van der Waals surface area contributed by atoms with Crippen molar-refractivity contribution in [3.05, 3.63) is 40.9 Å². The van der Waals surface area contributed by atoms with E-state index < -0.39 is 17.7 Å². The van der Waals surface area contributed by atoms with Crippen LogP contribution in [0.3, 0.4) is 0 Å². The minimum Gasteiger partial charge on any atom is -0.422 e. The molecule has 1 aromatic heterocycles. The van der Waals surface area contributed by atoms with E-state index in [9.17, 15) is 18.0 Å². The predicted octanol–water partition coefficient (Wildman–Crippen LogP) is 2.96. The maximum atomic E-state index is 12.3. The first kappa shape index (κ1) is 13.3. The van der Waals surface area contributed by atoms with Crippen LogP contribution in [0.25, 0.3) is 0 Å². The summed E-state index contributed by atoms with van der Waals surface area (Å²) < 4.78 is 45.6. The van der Waals surface area contributed by atoms with Gasteiger partial charge in [0.1, 0.15) is 5.75 Å². The normalized spacial score (nSPS) is 11.3. The molecule has 2 rings (SSSR count). The topological polar surface area (TPSA) is 65.2 Å². The molecule has 2 N–H and O–H groups in total. The fourth-order valence-corrected chi connectivity index (χ4v) is 1.81. The Hall–Kier alpha value is -2.09. The molecule has 0 atom stereocenters. The van der Waals surface area contributed by atoms with Crippen molar-refractivity contribution in [1.82, 2.24) is 4.37 Å². The summed E-state index contributed by atoms with van der Waals surface area (Å²) in [5, 5.41) is 0. The number of anilines is 1. The number of benzene rings is 1. The number of nitrogens with zero attached hydrogens (tertiary/aromatic N) is 1. The number of hydrogen-bond donors (Lipinski definition) is 1. The number of carbonyl (C=O) groups is 1. The number of halogens is 3. The van der Waals surface area contributed by atoms with Gasteiger partial charge in [-0.25, -0.2) is 4.79 Å². The van der Waals surface area contributed by atoms with Crippen LogP contribution in [0.5, 0.6) is 5.75 Å². The minimum absolute atomic E-state index is 0.00537.